The SMILES string of the molecule is CC(NC(C)(C)C(C)(C)O)C(=O)N1CCCCC1. The van der Waals surface area contributed by atoms with Crippen LogP contribution in [0, 0.1) is 0 Å². The first-order chi connectivity index (χ1) is 8.15. The van der Waals surface area contributed by atoms with Crippen molar-refractivity contribution in [3.8, 4) is 0 Å². The number of rotatable bonds is 4. The molecular weight excluding hydrogens is 228 g/mol. The lowest BCUT2D eigenvalue weighted by molar-refractivity contribution is -0.135. The molecular formula is C14H28N2O2. The summed E-state index contributed by atoms with van der Waals surface area (Å²) < 4.78 is 0. The monoisotopic (exact) mass is 256 g/mol. The van der Waals surface area contributed by atoms with Gasteiger partial charge in [-0.3, -0.25) is 10.1 Å². The lowest BCUT2D eigenvalue weighted by atomic mass is 9.85. The quantitative estimate of drug-likeness (QED) is 0.802. The summed E-state index contributed by atoms with van der Waals surface area (Å²) >= 11 is 0. The van der Waals surface area contributed by atoms with Crippen molar-refractivity contribution in [1.82, 2.24) is 10.2 Å². The maximum absolute atomic E-state index is 12.3. The molecule has 1 rings (SSSR count). The van der Waals surface area contributed by atoms with Gasteiger partial charge in [-0.1, -0.05) is 0 Å². The van der Waals surface area contributed by atoms with Crippen molar-refractivity contribution in [2.75, 3.05) is 13.1 Å². The Balaban J connectivity index is 2.59. The first-order valence-electron chi connectivity index (χ1n) is 6.94. The molecule has 1 amide bonds. The fourth-order valence-electron chi connectivity index (χ4n) is 2.17. The van der Waals surface area contributed by atoms with Gasteiger partial charge in [0.15, 0.2) is 0 Å². The van der Waals surface area contributed by atoms with E-state index in [4.69, 9.17) is 0 Å². The highest BCUT2D eigenvalue weighted by atomic mass is 16.3. The zero-order valence-electron chi connectivity index (χ0n) is 12.4. The number of carbonyl (C=O) groups excluding carboxylic acids is 1. The molecule has 0 aromatic rings. The molecule has 1 aliphatic heterocycles. The molecule has 0 radical (unpaired) electrons. The van der Waals surface area contributed by atoms with Crippen LogP contribution in [0.3, 0.4) is 0 Å². The third kappa shape index (κ3) is 3.69. The average Bonchev–Trinajstić information content (AvgIpc) is 2.27. The molecule has 0 aromatic carbocycles. The number of likely N-dealkylation sites (tertiary alicyclic amines) is 1. The second-order valence-corrected chi connectivity index (χ2v) is 6.44. The number of amides is 1. The van der Waals surface area contributed by atoms with Gasteiger partial charge < -0.3 is 10.0 Å². The van der Waals surface area contributed by atoms with E-state index < -0.39 is 11.1 Å². The lowest BCUT2D eigenvalue weighted by Gasteiger charge is -2.41. The summed E-state index contributed by atoms with van der Waals surface area (Å²) in [6.45, 7) is 11.0. The summed E-state index contributed by atoms with van der Waals surface area (Å²) in [4.78, 5) is 14.2. The predicted octanol–water partition coefficient (Wildman–Crippen LogP) is 1.53. The Labute approximate surface area is 111 Å². The van der Waals surface area contributed by atoms with Crippen molar-refractivity contribution in [3.63, 3.8) is 0 Å². The maximum atomic E-state index is 12.3. The molecule has 1 saturated heterocycles. The summed E-state index contributed by atoms with van der Waals surface area (Å²) in [7, 11) is 0. The van der Waals surface area contributed by atoms with Crippen molar-refractivity contribution in [2.24, 2.45) is 0 Å². The third-order valence-electron chi connectivity index (χ3n) is 4.15. The second kappa shape index (κ2) is 5.57. The Morgan fingerprint density at radius 1 is 1.17 bits per heavy atom. The fourth-order valence-corrected chi connectivity index (χ4v) is 2.17. The third-order valence-corrected chi connectivity index (χ3v) is 4.15. The summed E-state index contributed by atoms with van der Waals surface area (Å²) in [5, 5.41) is 13.4. The highest BCUT2D eigenvalue weighted by Crippen LogP contribution is 2.21. The van der Waals surface area contributed by atoms with Crippen LogP contribution in [0.2, 0.25) is 0 Å². The van der Waals surface area contributed by atoms with E-state index in [-0.39, 0.29) is 11.9 Å². The van der Waals surface area contributed by atoms with Crippen molar-refractivity contribution in [3.05, 3.63) is 0 Å². The van der Waals surface area contributed by atoms with Gasteiger partial charge in [-0.25, -0.2) is 0 Å². The van der Waals surface area contributed by atoms with Gasteiger partial charge in [0.1, 0.15) is 0 Å². The molecule has 106 valence electrons. The summed E-state index contributed by atoms with van der Waals surface area (Å²) in [6, 6.07) is -0.260. The van der Waals surface area contributed by atoms with Crippen LogP contribution in [-0.2, 0) is 4.79 Å². The van der Waals surface area contributed by atoms with Crippen molar-refractivity contribution >= 4 is 5.91 Å². The number of hydrogen-bond donors (Lipinski definition) is 2. The summed E-state index contributed by atoms with van der Waals surface area (Å²) in [5.74, 6) is 0.145. The molecule has 1 heterocycles. The lowest BCUT2D eigenvalue weighted by Crippen LogP contribution is -2.61. The van der Waals surface area contributed by atoms with Crippen LogP contribution in [0.25, 0.3) is 0 Å². The Bertz CT molecular complexity index is 289. The Morgan fingerprint density at radius 2 is 1.67 bits per heavy atom. The van der Waals surface area contributed by atoms with Gasteiger partial charge in [0.05, 0.1) is 11.6 Å². The molecule has 1 unspecified atom stereocenters. The minimum Gasteiger partial charge on any atom is -0.389 e. The van der Waals surface area contributed by atoms with Crippen LogP contribution in [0.4, 0.5) is 0 Å². The van der Waals surface area contributed by atoms with E-state index in [2.05, 4.69) is 5.32 Å². The predicted molar refractivity (Wildman–Crippen MR) is 73.4 cm³/mol. The Hall–Kier alpha value is -0.610. The molecule has 0 aromatic heterocycles. The summed E-state index contributed by atoms with van der Waals surface area (Å²) in [6.07, 6.45) is 3.43. The van der Waals surface area contributed by atoms with Crippen molar-refractivity contribution in [2.45, 2.75) is 71.1 Å². The average molecular weight is 256 g/mol. The van der Waals surface area contributed by atoms with Gasteiger partial charge in [-0.05, 0) is 53.9 Å². The van der Waals surface area contributed by atoms with E-state index in [1.807, 2.05) is 25.7 Å². The molecule has 1 aliphatic rings. The normalized spacial score (nSPS) is 19.8. The maximum Gasteiger partial charge on any atom is 0.239 e. The Kier molecular flexibility index (Phi) is 4.78. The van der Waals surface area contributed by atoms with E-state index in [1.165, 1.54) is 6.42 Å². The topological polar surface area (TPSA) is 52.6 Å². The molecule has 0 spiro atoms. The molecule has 0 saturated carbocycles. The summed E-state index contributed by atoms with van der Waals surface area (Å²) in [5.41, 5.74) is -1.37. The molecule has 4 nitrogen and oxygen atoms in total. The number of carbonyl (C=O) groups is 1. The molecule has 0 bridgehead atoms. The van der Waals surface area contributed by atoms with Crippen molar-refractivity contribution in [1.29, 1.82) is 0 Å². The first-order valence-corrected chi connectivity index (χ1v) is 6.94. The van der Waals surface area contributed by atoms with Gasteiger partial charge in [0.2, 0.25) is 5.91 Å². The van der Waals surface area contributed by atoms with Crippen LogP contribution in [0.5, 0.6) is 0 Å². The van der Waals surface area contributed by atoms with E-state index in [0.717, 1.165) is 25.9 Å². The molecule has 4 heteroatoms. The van der Waals surface area contributed by atoms with Gasteiger partial charge >= 0.3 is 0 Å². The van der Waals surface area contributed by atoms with Crippen LogP contribution >= 0.6 is 0 Å². The van der Waals surface area contributed by atoms with Gasteiger partial charge in [0.25, 0.3) is 0 Å². The minimum atomic E-state index is -0.872. The van der Waals surface area contributed by atoms with Crippen LogP contribution in [0.15, 0.2) is 0 Å². The molecule has 1 atom stereocenters. The zero-order valence-corrected chi connectivity index (χ0v) is 12.4. The smallest absolute Gasteiger partial charge is 0.239 e. The molecule has 2 N–H and O–H groups in total. The van der Waals surface area contributed by atoms with E-state index in [9.17, 15) is 9.90 Å². The van der Waals surface area contributed by atoms with E-state index in [0.29, 0.717) is 0 Å². The van der Waals surface area contributed by atoms with Crippen LogP contribution in [-0.4, -0.2) is 46.2 Å². The van der Waals surface area contributed by atoms with Gasteiger partial charge in [-0.15, -0.1) is 0 Å². The van der Waals surface area contributed by atoms with E-state index >= 15 is 0 Å². The van der Waals surface area contributed by atoms with E-state index in [1.54, 1.807) is 13.8 Å². The highest BCUT2D eigenvalue weighted by molar-refractivity contribution is 5.81. The number of nitrogens with one attached hydrogen (secondary N) is 1. The first kappa shape index (κ1) is 15.4. The number of hydrogen-bond acceptors (Lipinski definition) is 3. The van der Waals surface area contributed by atoms with Crippen LogP contribution in [0.1, 0.15) is 53.9 Å². The standard InChI is InChI=1S/C14H28N2O2/c1-11(15-13(2,3)14(4,5)18)12(17)16-9-7-6-8-10-16/h11,15,18H,6-10H2,1-5H3. The minimum absolute atomic E-state index is 0.145. The number of aliphatic hydroxyl groups is 1. The number of nitrogens with zero attached hydrogens (tertiary/aromatic N) is 1. The molecule has 18 heavy (non-hydrogen) atoms. The van der Waals surface area contributed by atoms with Gasteiger partial charge in [-0.2, -0.15) is 0 Å². The number of piperidine rings is 1. The highest BCUT2D eigenvalue weighted by Gasteiger charge is 2.37. The molecule has 1 fully saturated rings. The molecule has 0 aliphatic carbocycles. The Morgan fingerprint density at radius 3 is 2.11 bits per heavy atom. The second-order valence-electron chi connectivity index (χ2n) is 6.44. The largest absolute Gasteiger partial charge is 0.389 e. The van der Waals surface area contributed by atoms with Gasteiger partial charge in [0, 0.05) is 18.6 Å². The zero-order chi connectivity index (χ0) is 14.0. The van der Waals surface area contributed by atoms with Crippen LogP contribution < -0.4 is 5.32 Å². The van der Waals surface area contributed by atoms with Crippen molar-refractivity contribution < 1.29 is 9.90 Å². The fraction of sp³-hybridized carbons (Fsp3) is 0.929.